The lowest BCUT2D eigenvalue weighted by atomic mass is 10.2. The predicted molar refractivity (Wildman–Crippen MR) is 82.7 cm³/mol. The Labute approximate surface area is 124 Å². The van der Waals surface area contributed by atoms with E-state index in [9.17, 15) is 13.5 Å². The predicted octanol–water partition coefficient (Wildman–Crippen LogP) is 2.53. The number of phenols is 1. The normalized spacial score (nSPS) is 10.9. The summed E-state index contributed by atoms with van der Waals surface area (Å²) in [5.74, 6) is 2.18. The van der Waals surface area contributed by atoms with E-state index in [1.165, 1.54) is 24.3 Å². The molecular formula is C16H15NO3S. The van der Waals surface area contributed by atoms with Crippen LogP contribution < -0.4 is 4.31 Å². The van der Waals surface area contributed by atoms with Crippen molar-refractivity contribution in [1.29, 1.82) is 0 Å². The Morgan fingerprint density at radius 3 is 2.33 bits per heavy atom. The zero-order chi connectivity index (χ0) is 15.5. The van der Waals surface area contributed by atoms with Gasteiger partial charge in [-0.05, 0) is 31.2 Å². The number of aryl methyl sites for hydroxylation is 1. The lowest BCUT2D eigenvalue weighted by Crippen LogP contribution is -2.31. The summed E-state index contributed by atoms with van der Waals surface area (Å²) >= 11 is 0. The monoisotopic (exact) mass is 301 g/mol. The van der Waals surface area contributed by atoms with E-state index in [0.29, 0.717) is 0 Å². The average Bonchev–Trinajstić information content (AvgIpc) is 2.46. The number of aromatic hydroxyl groups is 1. The summed E-state index contributed by atoms with van der Waals surface area (Å²) in [5, 5.41) is 9.89. The van der Waals surface area contributed by atoms with E-state index in [-0.39, 0.29) is 22.9 Å². The van der Waals surface area contributed by atoms with E-state index in [1.807, 2.05) is 6.92 Å². The number of phenolic OH excluding ortho intramolecular Hbond substituents is 1. The van der Waals surface area contributed by atoms with E-state index >= 15 is 0 Å². The maximum atomic E-state index is 12.7. The molecule has 0 atom stereocenters. The molecule has 2 aromatic rings. The van der Waals surface area contributed by atoms with Gasteiger partial charge in [-0.3, -0.25) is 4.31 Å². The molecule has 21 heavy (non-hydrogen) atoms. The minimum Gasteiger partial charge on any atom is -0.506 e. The second-order valence-corrected chi connectivity index (χ2v) is 6.38. The number of para-hydroxylation sites is 2. The van der Waals surface area contributed by atoms with Gasteiger partial charge >= 0.3 is 0 Å². The molecule has 5 heteroatoms. The summed E-state index contributed by atoms with van der Waals surface area (Å²) in [6.07, 6.45) is 5.28. The van der Waals surface area contributed by atoms with E-state index < -0.39 is 10.0 Å². The van der Waals surface area contributed by atoms with E-state index in [1.54, 1.807) is 24.3 Å². The molecule has 108 valence electrons. The lowest BCUT2D eigenvalue weighted by Gasteiger charge is -2.23. The molecule has 0 aliphatic heterocycles. The number of terminal acetylenes is 1. The lowest BCUT2D eigenvalue weighted by molar-refractivity contribution is 0.475. The Morgan fingerprint density at radius 1 is 1.14 bits per heavy atom. The first-order valence-electron chi connectivity index (χ1n) is 6.27. The summed E-state index contributed by atoms with van der Waals surface area (Å²) in [6.45, 7) is 1.71. The van der Waals surface area contributed by atoms with Crippen molar-refractivity contribution in [1.82, 2.24) is 0 Å². The highest BCUT2D eigenvalue weighted by molar-refractivity contribution is 7.92. The quantitative estimate of drug-likeness (QED) is 0.883. The highest BCUT2D eigenvalue weighted by Gasteiger charge is 2.25. The zero-order valence-electron chi connectivity index (χ0n) is 11.5. The maximum absolute atomic E-state index is 12.7. The van der Waals surface area contributed by atoms with Crippen LogP contribution in [0.4, 0.5) is 5.69 Å². The number of hydrogen-bond acceptors (Lipinski definition) is 3. The van der Waals surface area contributed by atoms with Crippen LogP contribution >= 0.6 is 0 Å². The third kappa shape index (κ3) is 3.01. The Bertz CT molecular complexity index is 774. The minimum atomic E-state index is -3.82. The van der Waals surface area contributed by atoms with Crippen molar-refractivity contribution in [2.45, 2.75) is 11.8 Å². The number of sulfonamides is 1. The fraction of sp³-hybridized carbons (Fsp3) is 0.125. The SMILES string of the molecule is C#CCN(c1ccccc1O)S(=O)(=O)c1ccc(C)cc1. The molecule has 0 radical (unpaired) electrons. The molecule has 0 bridgehead atoms. The van der Waals surface area contributed by atoms with Gasteiger partial charge in [-0.1, -0.05) is 35.7 Å². The summed E-state index contributed by atoms with van der Waals surface area (Å²) in [5.41, 5.74) is 1.12. The van der Waals surface area contributed by atoms with Crippen LogP contribution in [0, 0.1) is 19.3 Å². The van der Waals surface area contributed by atoms with Gasteiger partial charge in [-0.25, -0.2) is 8.42 Å². The van der Waals surface area contributed by atoms with Gasteiger partial charge < -0.3 is 5.11 Å². The summed E-state index contributed by atoms with van der Waals surface area (Å²) < 4.78 is 26.4. The van der Waals surface area contributed by atoms with Crippen LogP contribution in [-0.2, 0) is 10.0 Å². The Morgan fingerprint density at radius 2 is 1.76 bits per heavy atom. The molecule has 0 aliphatic carbocycles. The van der Waals surface area contributed by atoms with E-state index in [4.69, 9.17) is 6.42 Å². The van der Waals surface area contributed by atoms with Gasteiger partial charge in [0.2, 0.25) is 0 Å². The van der Waals surface area contributed by atoms with Crippen LogP contribution in [0.1, 0.15) is 5.56 Å². The van der Waals surface area contributed by atoms with Crippen LogP contribution in [0.5, 0.6) is 5.75 Å². The van der Waals surface area contributed by atoms with Crippen molar-refractivity contribution >= 4 is 15.7 Å². The van der Waals surface area contributed by atoms with Gasteiger partial charge in [-0.15, -0.1) is 6.42 Å². The van der Waals surface area contributed by atoms with Crippen molar-refractivity contribution in [2.24, 2.45) is 0 Å². The average molecular weight is 301 g/mol. The van der Waals surface area contributed by atoms with Crippen LogP contribution in [0.2, 0.25) is 0 Å². The van der Waals surface area contributed by atoms with Gasteiger partial charge in [0.05, 0.1) is 17.1 Å². The highest BCUT2D eigenvalue weighted by atomic mass is 32.2. The van der Waals surface area contributed by atoms with Crippen LogP contribution in [0.25, 0.3) is 0 Å². The zero-order valence-corrected chi connectivity index (χ0v) is 12.3. The number of anilines is 1. The molecule has 0 aliphatic rings. The molecule has 0 saturated heterocycles. The standard InChI is InChI=1S/C16H15NO3S/c1-3-12-17(15-6-4-5-7-16(15)18)21(19,20)14-10-8-13(2)9-11-14/h1,4-11,18H,12H2,2H3. The number of rotatable bonds is 4. The molecule has 1 N–H and O–H groups in total. The van der Waals surface area contributed by atoms with Crippen molar-refractivity contribution in [2.75, 3.05) is 10.8 Å². The summed E-state index contributed by atoms with van der Waals surface area (Å²) in [7, 11) is -3.82. The second-order valence-electron chi connectivity index (χ2n) is 4.52. The molecular weight excluding hydrogens is 286 g/mol. The third-order valence-corrected chi connectivity index (χ3v) is 4.77. The van der Waals surface area contributed by atoms with Gasteiger partial charge in [-0.2, -0.15) is 0 Å². The Kier molecular flexibility index (Phi) is 4.20. The van der Waals surface area contributed by atoms with E-state index in [0.717, 1.165) is 9.87 Å². The molecule has 0 unspecified atom stereocenters. The molecule has 2 aromatic carbocycles. The number of hydrogen-bond donors (Lipinski definition) is 1. The molecule has 0 spiro atoms. The van der Waals surface area contributed by atoms with Gasteiger partial charge in [0.1, 0.15) is 5.75 Å². The van der Waals surface area contributed by atoms with Crippen molar-refractivity contribution in [3.05, 3.63) is 54.1 Å². The topological polar surface area (TPSA) is 57.6 Å². The number of nitrogens with zero attached hydrogens (tertiary/aromatic N) is 1. The Balaban J connectivity index is 2.55. The summed E-state index contributed by atoms with van der Waals surface area (Å²) in [6, 6.07) is 12.7. The first-order valence-corrected chi connectivity index (χ1v) is 7.71. The van der Waals surface area contributed by atoms with Crippen molar-refractivity contribution in [3.8, 4) is 18.1 Å². The fourth-order valence-corrected chi connectivity index (χ4v) is 3.29. The molecule has 2 rings (SSSR count). The van der Waals surface area contributed by atoms with Crippen LogP contribution in [0.15, 0.2) is 53.4 Å². The van der Waals surface area contributed by atoms with Crippen LogP contribution in [-0.4, -0.2) is 20.1 Å². The molecule has 0 fully saturated rings. The molecule has 0 aromatic heterocycles. The van der Waals surface area contributed by atoms with Gasteiger partial charge in [0.25, 0.3) is 10.0 Å². The number of benzene rings is 2. The largest absolute Gasteiger partial charge is 0.506 e. The summed E-state index contributed by atoms with van der Waals surface area (Å²) in [4.78, 5) is 0.131. The van der Waals surface area contributed by atoms with Gasteiger partial charge in [0, 0.05) is 0 Å². The second kappa shape index (κ2) is 5.90. The first-order chi connectivity index (χ1) is 9.96. The first kappa shape index (κ1) is 14.9. The highest BCUT2D eigenvalue weighted by Crippen LogP contribution is 2.31. The van der Waals surface area contributed by atoms with Crippen molar-refractivity contribution < 1.29 is 13.5 Å². The smallest absolute Gasteiger partial charge is 0.265 e. The van der Waals surface area contributed by atoms with Crippen LogP contribution in [0.3, 0.4) is 0 Å². The third-order valence-electron chi connectivity index (χ3n) is 2.99. The molecule has 0 amide bonds. The van der Waals surface area contributed by atoms with Crippen molar-refractivity contribution in [3.63, 3.8) is 0 Å². The van der Waals surface area contributed by atoms with E-state index in [2.05, 4.69) is 5.92 Å². The molecule has 4 nitrogen and oxygen atoms in total. The fourth-order valence-electron chi connectivity index (χ4n) is 1.90. The molecule has 0 saturated carbocycles. The maximum Gasteiger partial charge on any atom is 0.265 e. The molecule has 0 heterocycles. The van der Waals surface area contributed by atoms with Gasteiger partial charge in [0.15, 0.2) is 0 Å². The minimum absolute atomic E-state index is 0.131. The Hall–Kier alpha value is -2.45.